The van der Waals surface area contributed by atoms with Crippen molar-refractivity contribution in [3.63, 3.8) is 0 Å². The molecule has 0 aromatic heterocycles. The maximum atomic E-state index is 10.9. The van der Waals surface area contributed by atoms with Gasteiger partial charge in [-0.25, -0.2) is 4.74 Å². The Labute approximate surface area is 99.9 Å². The lowest BCUT2D eigenvalue weighted by atomic mass is 10.0. The van der Waals surface area contributed by atoms with Crippen LogP contribution in [0.15, 0.2) is 30.3 Å². The van der Waals surface area contributed by atoms with E-state index in [0.717, 1.165) is 0 Å². The average molecular weight is 245 g/mol. The standard InChI is InChI=1S/C12H5NO5/c14-11-8-4-6-2-1-3-10(13(16)17)7(6)5-9(8)12(15)18-11/h1-5H/p+2. The Morgan fingerprint density at radius 1 is 1.11 bits per heavy atom. The molecule has 0 radical (unpaired) electrons. The maximum absolute atomic E-state index is 10.9. The van der Waals surface area contributed by atoms with Crippen LogP contribution >= 0.6 is 0 Å². The van der Waals surface area contributed by atoms with Gasteiger partial charge in [0, 0.05) is 6.07 Å². The van der Waals surface area contributed by atoms with E-state index in [1.807, 2.05) is 0 Å². The summed E-state index contributed by atoms with van der Waals surface area (Å²) in [5.41, 5.74) is 0.504. The van der Waals surface area contributed by atoms with Crippen molar-refractivity contribution in [2.24, 2.45) is 0 Å². The highest BCUT2D eigenvalue weighted by atomic mass is 16.6. The van der Waals surface area contributed by atoms with Crippen molar-refractivity contribution in [1.29, 1.82) is 0 Å². The number of hydrogen-bond acceptors (Lipinski definition) is 3. The summed E-state index contributed by atoms with van der Waals surface area (Å²) in [6.07, 6.45) is 0. The first kappa shape index (κ1) is 10.4. The Kier molecular flexibility index (Phi) is 1.94. The van der Waals surface area contributed by atoms with Gasteiger partial charge >= 0.3 is 11.9 Å². The molecule has 6 heteroatoms. The fourth-order valence-corrected chi connectivity index (χ4v) is 2.02. The predicted molar refractivity (Wildman–Crippen MR) is 63.8 cm³/mol. The summed E-state index contributed by atoms with van der Waals surface area (Å²) in [4.78, 5) is 29.4. The van der Waals surface area contributed by atoms with E-state index in [1.165, 1.54) is 18.2 Å². The largest absolute Gasteiger partial charge is 0.529 e. The van der Waals surface area contributed by atoms with Crippen LogP contribution in [0, 0.1) is 10.1 Å². The van der Waals surface area contributed by atoms with Gasteiger partial charge in [0.15, 0.2) is 0 Å². The van der Waals surface area contributed by atoms with Gasteiger partial charge in [-0.15, -0.1) is 0 Å². The van der Waals surface area contributed by atoms with Crippen LogP contribution in [0.3, 0.4) is 0 Å². The third-order valence-corrected chi connectivity index (χ3v) is 2.85. The number of fused-ring (bicyclic) bond motifs is 2. The average Bonchev–Trinajstić information content (AvgIpc) is 2.61. The monoisotopic (exact) mass is 245 g/mol. The summed E-state index contributed by atoms with van der Waals surface area (Å²) in [5, 5.41) is 11.9. The number of carbonyl (C=O) groups excluding carboxylic acids is 2. The Hall–Kier alpha value is -2.76. The number of rotatable bonds is 1. The lowest BCUT2D eigenvalue weighted by Gasteiger charge is -1.99. The summed E-state index contributed by atoms with van der Waals surface area (Å²) in [6.45, 7) is 0. The number of non-ortho nitro benzene ring substituents is 1. The molecule has 0 aliphatic carbocycles. The van der Waals surface area contributed by atoms with Crippen molar-refractivity contribution in [2.45, 2.75) is 0 Å². The molecular weight excluding hydrogens is 238 g/mol. The number of nitrogens with zero attached hydrogens (tertiary/aromatic N) is 1. The van der Waals surface area contributed by atoms with Gasteiger partial charge in [-0.2, -0.15) is 0 Å². The first-order chi connectivity index (χ1) is 8.58. The van der Waals surface area contributed by atoms with Gasteiger partial charge in [-0.3, -0.25) is 10.1 Å². The van der Waals surface area contributed by atoms with E-state index in [2.05, 4.69) is 4.74 Å². The Morgan fingerprint density at radius 2 is 1.78 bits per heavy atom. The highest BCUT2D eigenvalue weighted by molar-refractivity contribution is 6.18. The van der Waals surface area contributed by atoms with Gasteiger partial charge < -0.3 is 9.59 Å². The molecule has 1 heterocycles. The molecule has 3 rings (SSSR count). The van der Waals surface area contributed by atoms with Crippen LogP contribution in [0.5, 0.6) is 0 Å². The molecule has 1 aliphatic heterocycles. The number of hydrogen-bond donors (Lipinski definition) is 0. The number of cyclic esters (lactones) is 2. The molecule has 2 aromatic rings. The zero-order chi connectivity index (χ0) is 12.9. The fourth-order valence-electron chi connectivity index (χ4n) is 2.02. The molecule has 0 amide bonds. The van der Waals surface area contributed by atoms with Crippen molar-refractivity contribution in [2.75, 3.05) is 0 Å². The molecule has 2 N–H and O–H groups in total. The molecule has 0 saturated carbocycles. The van der Waals surface area contributed by atoms with Crippen molar-refractivity contribution in [1.82, 2.24) is 0 Å². The minimum atomic E-state index is -0.495. The molecule has 0 atom stereocenters. The SMILES string of the molecule is O=[N+]([O-])c1cccc2cc3c(cc12)C(=[OH+])OC3=[OH+]. The van der Waals surface area contributed by atoms with Crippen LogP contribution in [0.4, 0.5) is 5.69 Å². The molecule has 0 fully saturated rings. The number of benzene rings is 2. The second-order valence-corrected chi connectivity index (χ2v) is 3.87. The smallest absolute Gasteiger partial charge is 0.334 e. The first-order valence-corrected chi connectivity index (χ1v) is 5.09. The van der Waals surface area contributed by atoms with E-state index in [4.69, 9.17) is 0 Å². The van der Waals surface area contributed by atoms with Gasteiger partial charge in [0.25, 0.3) is 5.69 Å². The summed E-state index contributed by atoms with van der Waals surface area (Å²) in [5.74, 6) is -0.863. The molecular formula is C12H7NO5+2. The maximum Gasteiger partial charge on any atom is 0.529 e. The molecule has 1 aliphatic rings. The molecule has 0 spiro atoms. The molecule has 88 valence electrons. The van der Waals surface area contributed by atoms with Crippen molar-refractivity contribution in [3.8, 4) is 0 Å². The Morgan fingerprint density at radius 3 is 2.44 bits per heavy atom. The Balaban J connectivity index is 2.41. The van der Waals surface area contributed by atoms with E-state index in [1.54, 1.807) is 12.1 Å². The second-order valence-electron chi connectivity index (χ2n) is 3.87. The van der Waals surface area contributed by atoms with Crippen LogP contribution in [0.25, 0.3) is 10.8 Å². The van der Waals surface area contributed by atoms with Crippen molar-refractivity contribution < 1.29 is 19.2 Å². The predicted octanol–water partition coefficient (Wildman–Crippen LogP) is 1.48. The lowest BCUT2D eigenvalue weighted by molar-refractivity contribution is -0.383. The van der Waals surface area contributed by atoms with Crippen LogP contribution in [0.1, 0.15) is 11.1 Å². The normalized spacial score (nSPS) is 13.6. The molecule has 0 unspecified atom stereocenters. The molecule has 0 saturated heterocycles. The quantitative estimate of drug-likeness (QED) is 0.250. The third-order valence-electron chi connectivity index (χ3n) is 2.85. The summed E-state index contributed by atoms with van der Waals surface area (Å²) < 4.78 is 4.68. The zero-order valence-electron chi connectivity index (χ0n) is 8.95. The lowest BCUT2D eigenvalue weighted by Crippen LogP contribution is -1.99. The van der Waals surface area contributed by atoms with Gasteiger partial charge in [0.1, 0.15) is 11.1 Å². The summed E-state index contributed by atoms with van der Waals surface area (Å²) >= 11 is 0. The number of nitro groups is 1. The molecule has 18 heavy (non-hydrogen) atoms. The number of nitro benzene ring substituents is 1. The van der Waals surface area contributed by atoms with Crippen LogP contribution in [-0.2, 0) is 4.74 Å². The third kappa shape index (κ3) is 1.29. The minimum Gasteiger partial charge on any atom is -0.334 e. The summed E-state index contributed by atoms with van der Waals surface area (Å²) in [7, 11) is 0. The van der Waals surface area contributed by atoms with Crippen molar-refractivity contribution in [3.05, 3.63) is 51.6 Å². The molecule has 2 aromatic carbocycles. The first-order valence-electron chi connectivity index (χ1n) is 5.09. The molecule has 0 bridgehead atoms. The van der Waals surface area contributed by atoms with E-state index in [9.17, 15) is 19.7 Å². The zero-order valence-corrected chi connectivity index (χ0v) is 8.95. The highest BCUT2D eigenvalue weighted by Crippen LogP contribution is 2.30. The van der Waals surface area contributed by atoms with Crippen LogP contribution < -0.4 is 0 Å². The number of esters is 2. The summed E-state index contributed by atoms with van der Waals surface area (Å²) in [6, 6.07) is 7.59. The van der Waals surface area contributed by atoms with E-state index < -0.39 is 16.9 Å². The van der Waals surface area contributed by atoms with Gasteiger partial charge in [-0.1, -0.05) is 12.1 Å². The van der Waals surface area contributed by atoms with Crippen LogP contribution in [-0.4, -0.2) is 26.5 Å². The van der Waals surface area contributed by atoms with E-state index in [-0.39, 0.29) is 11.3 Å². The van der Waals surface area contributed by atoms with E-state index in [0.29, 0.717) is 16.3 Å². The second kappa shape index (κ2) is 3.36. The van der Waals surface area contributed by atoms with Gasteiger partial charge in [0.05, 0.1) is 10.3 Å². The Bertz CT molecular complexity index is 735. The van der Waals surface area contributed by atoms with Crippen LogP contribution in [0.2, 0.25) is 0 Å². The van der Waals surface area contributed by atoms with E-state index >= 15 is 0 Å². The topological polar surface area (TPSA) is 95.2 Å². The minimum absolute atomic E-state index is 0.0607. The fraction of sp³-hybridized carbons (Fsp3) is 0. The van der Waals surface area contributed by atoms with Gasteiger partial charge in [-0.05, 0) is 17.5 Å². The van der Waals surface area contributed by atoms with Gasteiger partial charge in [0.2, 0.25) is 0 Å². The van der Waals surface area contributed by atoms with Crippen molar-refractivity contribution >= 4 is 28.4 Å². The number of ether oxygens (including phenoxy) is 1. The molecule has 6 nitrogen and oxygen atoms in total. The highest BCUT2D eigenvalue weighted by Gasteiger charge is 2.41.